The second-order valence-electron chi connectivity index (χ2n) is 6.05. The second-order valence-corrected chi connectivity index (χ2v) is 6.05. The summed E-state index contributed by atoms with van der Waals surface area (Å²) in [4.78, 5) is 2.66. The smallest absolute Gasteiger partial charge is 0.0198 e. The van der Waals surface area contributed by atoms with Gasteiger partial charge in [0.25, 0.3) is 0 Å². The number of nitrogens with zero attached hydrogens (tertiary/aromatic N) is 1. The van der Waals surface area contributed by atoms with E-state index in [1.165, 1.54) is 25.9 Å². The molecule has 3 atom stereocenters. The molecule has 1 rings (SSSR count). The van der Waals surface area contributed by atoms with Crippen molar-refractivity contribution in [2.75, 3.05) is 19.6 Å². The summed E-state index contributed by atoms with van der Waals surface area (Å²) in [5, 5.41) is 3.72. The van der Waals surface area contributed by atoms with E-state index in [1.807, 2.05) is 0 Å². The van der Waals surface area contributed by atoms with Crippen LogP contribution in [-0.4, -0.2) is 36.6 Å². The Morgan fingerprint density at radius 1 is 1.25 bits per heavy atom. The fourth-order valence-corrected chi connectivity index (χ4v) is 2.56. The van der Waals surface area contributed by atoms with E-state index in [9.17, 15) is 0 Å². The van der Waals surface area contributed by atoms with E-state index in [-0.39, 0.29) is 0 Å². The molecule has 1 fully saturated rings. The lowest BCUT2D eigenvalue weighted by Gasteiger charge is -2.40. The van der Waals surface area contributed by atoms with Crippen molar-refractivity contribution >= 4 is 0 Å². The fourth-order valence-electron chi connectivity index (χ4n) is 2.56. The first-order chi connectivity index (χ1) is 7.52. The van der Waals surface area contributed by atoms with Gasteiger partial charge in [0, 0.05) is 25.2 Å². The number of likely N-dealkylation sites (tertiary alicyclic amines) is 1. The lowest BCUT2D eigenvalue weighted by atomic mass is 9.94. The monoisotopic (exact) mass is 226 g/mol. The Morgan fingerprint density at radius 3 is 2.50 bits per heavy atom. The molecule has 1 aliphatic heterocycles. The van der Waals surface area contributed by atoms with E-state index < -0.39 is 0 Å². The standard InChI is InChI=1S/C14H30N2/c1-6-13(5)16-9-12(4)7-14(10-16)15-8-11(2)3/h11-15H,6-10H2,1-5H3. The van der Waals surface area contributed by atoms with Gasteiger partial charge >= 0.3 is 0 Å². The third kappa shape index (κ3) is 4.42. The van der Waals surface area contributed by atoms with Gasteiger partial charge in [-0.05, 0) is 38.1 Å². The second kappa shape index (κ2) is 6.61. The van der Waals surface area contributed by atoms with Crippen molar-refractivity contribution in [1.82, 2.24) is 10.2 Å². The van der Waals surface area contributed by atoms with E-state index in [0.717, 1.165) is 24.4 Å². The molecule has 1 N–H and O–H groups in total. The molecule has 2 heteroatoms. The molecule has 0 aromatic heterocycles. The van der Waals surface area contributed by atoms with Crippen LogP contribution in [0.3, 0.4) is 0 Å². The van der Waals surface area contributed by atoms with Crippen LogP contribution in [0.25, 0.3) is 0 Å². The number of hydrogen-bond acceptors (Lipinski definition) is 2. The first-order valence-electron chi connectivity index (χ1n) is 7.00. The van der Waals surface area contributed by atoms with Gasteiger partial charge in [0.15, 0.2) is 0 Å². The summed E-state index contributed by atoms with van der Waals surface area (Å²) in [5.74, 6) is 1.60. The molecule has 0 aromatic rings. The highest BCUT2D eigenvalue weighted by Gasteiger charge is 2.26. The molecule has 2 nitrogen and oxygen atoms in total. The molecular formula is C14H30N2. The summed E-state index contributed by atoms with van der Waals surface area (Å²) < 4.78 is 0. The minimum Gasteiger partial charge on any atom is -0.312 e. The maximum absolute atomic E-state index is 3.72. The lowest BCUT2D eigenvalue weighted by molar-refractivity contribution is 0.108. The Morgan fingerprint density at radius 2 is 1.94 bits per heavy atom. The van der Waals surface area contributed by atoms with E-state index in [0.29, 0.717) is 6.04 Å². The van der Waals surface area contributed by atoms with Gasteiger partial charge in [0.1, 0.15) is 0 Å². The summed E-state index contributed by atoms with van der Waals surface area (Å²) >= 11 is 0. The van der Waals surface area contributed by atoms with Crippen molar-refractivity contribution in [3.63, 3.8) is 0 Å². The zero-order valence-corrected chi connectivity index (χ0v) is 11.8. The molecule has 0 saturated carbocycles. The van der Waals surface area contributed by atoms with Crippen LogP contribution in [0, 0.1) is 11.8 Å². The molecule has 1 heterocycles. The summed E-state index contributed by atoms with van der Waals surface area (Å²) in [5.41, 5.74) is 0. The fraction of sp³-hybridized carbons (Fsp3) is 1.00. The van der Waals surface area contributed by atoms with Crippen LogP contribution in [0.5, 0.6) is 0 Å². The normalized spacial score (nSPS) is 29.6. The molecule has 3 unspecified atom stereocenters. The number of nitrogens with one attached hydrogen (secondary N) is 1. The molecule has 0 radical (unpaired) electrons. The molecule has 0 aliphatic carbocycles. The molecule has 0 spiro atoms. The highest BCUT2D eigenvalue weighted by atomic mass is 15.2. The molecule has 1 aliphatic rings. The molecular weight excluding hydrogens is 196 g/mol. The van der Waals surface area contributed by atoms with Crippen LogP contribution in [0.15, 0.2) is 0 Å². The molecule has 16 heavy (non-hydrogen) atoms. The predicted octanol–water partition coefficient (Wildman–Crippen LogP) is 2.74. The highest BCUT2D eigenvalue weighted by Crippen LogP contribution is 2.19. The highest BCUT2D eigenvalue weighted by molar-refractivity contribution is 4.84. The average molecular weight is 226 g/mol. The zero-order valence-electron chi connectivity index (χ0n) is 11.8. The van der Waals surface area contributed by atoms with E-state index in [4.69, 9.17) is 0 Å². The van der Waals surface area contributed by atoms with E-state index in [2.05, 4.69) is 44.8 Å². The van der Waals surface area contributed by atoms with Crippen LogP contribution in [0.2, 0.25) is 0 Å². The van der Waals surface area contributed by atoms with Crippen LogP contribution in [0.1, 0.15) is 47.5 Å². The predicted molar refractivity (Wildman–Crippen MR) is 71.7 cm³/mol. The van der Waals surface area contributed by atoms with Crippen molar-refractivity contribution in [2.45, 2.75) is 59.5 Å². The van der Waals surface area contributed by atoms with Crippen molar-refractivity contribution in [3.8, 4) is 0 Å². The Bertz CT molecular complexity index is 191. The van der Waals surface area contributed by atoms with Crippen LogP contribution >= 0.6 is 0 Å². The maximum Gasteiger partial charge on any atom is 0.0198 e. The molecule has 0 amide bonds. The Balaban J connectivity index is 2.41. The van der Waals surface area contributed by atoms with Gasteiger partial charge < -0.3 is 5.32 Å². The number of rotatable bonds is 5. The SMILES string of the molecule is CCC(C)N1CC(C)CC(NCC(C)C)C1. The van der Waals surface area contributed by atoms with E-state index >= 15 is 0 Å². The summed E-state index contributed by atoms with van der Waals surface area (Å²) in [6.07, 6.45) is 2.61. The molecule has 0 aromatic carbocycles. The Kier molecular flexibility index (Phi) is 5.77. The van der Waals surface area contributed by atoms with Crippen molar-refractivity contribution < 1.29 is 0 Å². The maximum atomic E-state index is 3.72. The molecule has 0 bridgehead atoms. The largest absolute Gasteiger partial charge is 0.312 e. The first-order valence-corrected chi connectivity index (χ1v) is 7.00. The van der Waals surface area contributed by atoms with Gasteiger partial charge in [-0.1, -0.05) is 27.7 Å². The van der Waals surface area contributed by atoms with Gasteiger partial charge in [-0.25, -0.2) is 0 Å². The van der Waals surface area contributed by atoms with Crippen molar-refractivity contribution in [2.24, 2.45) is 11.8 Å². The van der Waals surface area contributed by atoms with Crippen LogP contribution in [0.4, 0.5) is 0 Å². The quantitative estimate of drug-likeness (QED) is 0.775. The Hall–Kier alpha value is -0.0800. The third-order valence-corrected chi connectivity index (χ3v) is 3.72. The minimum absolute atomic E-state index is 0.708. The van der Waals surface area contributed by atoms with Gasteiger partial charge in [0.05, 0.1) is 0 Å². The van der Waals surface area contributed by atoms with Crippen molar-refractivity contribution in [1.29, 1.82) is 0 Å². The van der Waals surface area contributed by atoms with Crippen LogP contribution < -0.4 is 5.32 Å². The number of hydrogen-bond donors (Lipinski definition) is 1. The first kappa shape index (κ1) is 14.0. The molecule has 1 saturated heterocycles. The van der Waals surface area contributed by atoms with Crippen molar-refractivity contribution in [3.05, 3.63) is 0 Å². The van der Waals surface area contributed by atoms with Gasteiger partial charge in [-0.2, -0.15) is 0 Å². The zero-order chi connectivity index (χ0) is 12.1. The van der Waals surface area contributed by atoms with Gasteiger partial charge in [-0.15, -0.1) is 0 Å². The summed E-state index contributed by atoms with van der Waals surface area (Å²) in [6.45, 7) is 15.3. The molecule has 96 valence electrons. The lowest BCUT2D eigenvalue weighted by Crippen LogP contribution is -2.51. The topological polar surface area (TPSA) is 15.3 Å². The third-order valence-electron chi connectivity index (χ3n) is 3.72. The summed E-state index contributed by atoms with van der Waals surface area (Å²) in [7, 11) is 0. The average Bonchev–Trinajstić information content (AvgIpc) is 2.24. The van der Waals surface area contributed by atoms with Crippen LogP contribution in [-0.2, 0) is 0 Å². The van der Waals surface area contributed by atoms with Gasteiger partial charge in [0.2, 0.25) is 0 Å². The Labute approximate surface area is 102 Å². The minimum atomic E-state index is 0.708. The van der Waals surface area contributed by atoms with Gasteiger partial charge in [-0.3, -0.25) is 4.90 Å². The summed E-state index contributed by atoms with van der Waals surface area (Å²) in [6, 6.07) is 1.45. The number of piperidine rings is 1. The van der Waals surface area contributed by atoms with E-state index in [1.54, 1.807) is 0 Å².